The molecule has 29 heavy (non-hydrogen) atoms. The second-order valence-corrected chi connectivity index (χ2v) is 8.13. The van der Waals surface area contributed by atoms with Crippen molar-refractivity contribution in [2.24, 2.45) is 0 Å². The average Bonchev–Trinajstić information content (AvgIpc) is 2.71. The molecule has 0 fully saturated rings. The van der Waals surface area contributed by atoms with Crippen LogP contribution in [0.2, 0.25) is 5.02 Å². The number of benzene rings is 2. The molecule has 0 aromatic heterocycles. The van der Waals surface area contributed by atoms with Crippen LogP contribution < -0.4 is 10.6 Å². The normalized spacial score (nSPS) is 14.6. The molecule has 2 N–H and O–H groups in total. The Bertz CT molecular complexity index is 941. The summed E-state index contributed by atoms with van der Waals surface area (Å²) >= 11 is 7.40. The van der Waals surface area contributed by atoms with Crippen LogP contribution in [0.4, 0.5) is 5.69 Å². The fraction of sp³-hybridized carbons (Fsp3) is 0.273. The first kappa shape index (κ1) is 21.4. The van der Waals surface area contributed by atoms with Crippen molar-refractivity contribution >= 4 is 46.9 Å². The van der Waals surface area contributed by atoms with Gasteiger partial charge in [0, 0.05) is 28.6 Å². The predicted molar refractivity (Wildman–Crippen MR) is 120 cm³/mol. The Hall–Kier alpha value is -2.28. The zero-order valence-electron chi connectivity index (χ0n) is 16.5. The summed E-state index contributed by atoms with van der Waals surface area (Å²) in [5.41, 5.74) is 2.05. The molecule has 1 aliphatic heterocycles. The summed E-state index contributed by atoms with van der Waals surface area (Å²) in [6, 6.07) is 12.7. The molecule has 152 valence electrons. The highest BCUT2D eigenvalue weighted by molar-refractivity contribution is 8.04. The fourth-order valence-electron chi connectivity index (χ4n) is 3.02. The Kier molecular flexibility index (Phi) is 7.36. The number of likely N-dealkylation sites (N-methyl/N-ethyl adjacent to an activating group) is 1. The van der Waals surface area contributed by atoms with Gasteiger partial charge in [-0.05, 0) is 55.1 Å². The van der Waals surface area contributed by atoms with E-state index in [9.17, 15) is 9.59 Å². The monoisotopic (exact) mass is 429 g/mol. The number of carbonyl (C=O) groups is 2. The van der Waals surface area contributed by atoms with E-state index in [2.05, 4.69) is 29.4 Å². The SMILES string of the molecule is CCN(CC)CCNC(=O)c1ccc2c(c1)NC(=O)C(=Cc1cccc(Cl)c1)S2. The maximum Gasteiger partial charge on any atom is 0.262 e. The van der Waals surface area contributed by atoms with Crippen LogP contribution in [0.25, 0.3) is 6.08 Å². The van der Waals surface area contributed by atoms with Crippen molar-refractivity contribution in [2.75, 3.05) is 31.5 Å². The maximum absolute atomic E-state index is 12.5. The summed E-state index contributed by atoms with van der Waals surface area (Å²) in [6.45, 7) is 7.52. The molecule has 1 heterocycles. The smallest absolute Gasteiger partial charge is 0.262 e. The van der Waals surface area contributed by atoms with Crippen molar-refractivity contribution in [3.05, 3.63) is 63.5 Å². The van der Waals surface area contributed by atoms with E-state index in [0.29, 0.717) is 27.7 Å². The van der Waals surface area contributed by atoms with Gasteiger partial charge in [-0.15, -0.1) is 0 Å². The highest BCUT2D eigenvalue weighted by atomic mass is 35.5. The van der Waals surface area contributed by atoms with E-state index in [1.807, 2.05) is 30.3 Å². The van der Waals surface area contributed by atoms with Gasteiger partial charge in [-0.1, -0.05) is 49.3 Å². The van der Waals surface area contributed by atoms with Gasteiger partial charge in [-0.25, -0.2) is 0 Å². The average molecular weight is 430 g/mol. The molecule has 0 saturated carbocycles. The standard InChI is InChI=1S/C22H24ClN3O2S/c1-3-26(4-2)11-10-24-21(27)16-8-9-19-18(14-16)25-22(28)20(29-19)13-15-6-5-7-17(23)12-15/h5-9,12-14H,3-4,10-11H2,1-2H3,(H,24,27)(H,25,28). The largest absolute Gasteiger partial charge is 0.351 e. The lowest BCUT2D eigenvalue weighted by Crippen LogP contribution is -2.34. The summed E-state index contributed by atoms with van der Waals surface area (Å²) in [5, 5.41) is 6.45. The van der Waals surface area contributed by atoms with Crippen LogP contribution in [0, 0.1) is 0 Å². The molecule has 0 bridgehead atoms. The fourth-order valence-corrected chi connectivity index (χ4v) is 4.15. The summed E-state index contributed by atoms with van der Waals surface area (Å²) in [4.78, 5) is 28.7. The molecule has 0 spiro atoms. The lowest BCUT2D eigenvalue weighted by molar-refractivity contribution is -0.112. The first-order valence-electron chi connectivity index (χ1n) is 9.61. The third-order valence-corrected chi connectivity index (χ3v) is 6.02. The van der Waals surface area contributed by atoms with Crippen molar-refractivity contribution in [3.8, 4) is 0 Å². The Balaban J connectivity index is 1.69. The number of thioether (sulfide) groups is 1. The highest BCUT2D eigenvalue weighted by Crippen LogP contribution is 2.39. The molecule has 0 saturated heterocycles. The van der Waals surface area contributed by atoms with Crippen LogP contribution in [-0.4, -0.2) is 42.9 Å². The zero-order valence-corrected chi connectivity index (χ0v) is 18.1. The lowest BCUT2D eigenvalue weighted by Gasteiger charge is -2.20. The number of fused-ring (bicyclic) bond motifs is 1. The summed E-state index contributed by atoms with van der Waals surface area (Å²) in [5.74, 6) is -0.332. The Morgan fingerprint density at radius 3 is 2.72 bits per heavy atom. The van der Waals surface area contributed by atoms with Crippen LogP contribution in [-0.2, 0) is 4.79 Å². The summed E-state index contributed by atoms with van der Waals surface area (Å²) in [6.07, 6.45) is 1.81. The Morgan fingerprint density at radius 2 is 2.00 bits per heavy atom. The van der Waals surface area contributed by atoms with E-state index in [4.69, 9.17) is 11.6 Å². The summed E-state index contributed by atoms with van der Waals surface area (Å²) in [7, 11) is 0. The van der Waals surface area contributed by atoms with Gasteiger partial charge >= 0.3 is 0 Å². The molecule has 0 radical (unpaired) electrons. The third kappa shape index (κ3) is 5.63. The molecule has 0 atom stereocenters. The van der Waals surface area contributed by atoms with Gasteiger partial charge in [0.1, 0.15) is 0 Å². The lowest BCUT2D eigenvalue weighted by atomic mass is 10.1. The highest BCUT2D eigenvalue weighted by Gasteiger charge is 2.22. The van der Waals surface area contributed by atoms with Crippen LogP contribution in [0.1, 0.15) is 29.8 Å². The number of hydrogen-bond acceptors (Lipinski definition) is 4. The Morgan fingerprint density at radius 1 is 1.21 bits per heavy atom. The predicted octanol–water partition coefficient (Wildman–Crippen LogP) is 4.50. The molecule has 2 aromatic rings. The minimum absolute atomic E-state index is 0.139. The van der Waals surface area contributed by atoms with Crippen LogP contribution in [0.3, 0.4) is 0 Å². The molecule has 5 nitrogen and oxygen atoms in total. The zero-order chi connectivity index (χ0) is 20.8. The molecule has 1 aliphatic rings. The first-order chi connectivity index (χ1) is 14.0. The van der Waals surface area contributed by atoms with Gasteiger partial charge in [0.05, 0.1) is 10.6 Å². The van der Waals surface area contributed by atoms with E-state index >= 15 is 0 Å². The topological polar surface area (TPSA) is 61.4 Å². The van der Waals surface area contributed by atoms with Crippen molar-refractivity contribution < 1.29 is 9.59 Å². The summed E-state index contributed by atoms with van der Waals surface area (Å²) < 4.78 is 0. The second-order valence-electron chi connectivity index (χ2n) is 6.61. The number of carbonyl (C=O) groups excluding carboxylic acids is 2. The second kappa shape index (κ2) is 9.96. The quantitative estimate of drug-likeness (QED) is 0.636. The van der Waals surface area contributed by atoms with Crippen LogP contribution in [0.15, 0.2) is 52.3 Å². The number of nitrogens with zero attached hydrogens (tertiary/aromatic N) is 1. The molecular weight excluding hydrogens is 406 g/mol. The van der Waals surface area contributed by atoms with Crippen molar-refractivity contribution in [1.29, 1.82) is 0 Å². The van der Waals surface area contributed by atoms with Crippen molar-refractivity contribution in [1.82, 2.24) is 10.2 Å². The minimum Gasteiger partial charge on any atom is -0.351 e. The molecule has 7 heteroatoms. The van der Waals surface area contributed by atoms with Gasteiger partial charge < -0.3 is 15.5 Å². The maximum atomic E-state index is 12.5. The molecule has 0 unspecified atom stereocenters. The minimum atomic E-state index is -0.193. The number of nitrogens with one attached hydrogen (secondary N) is 2. The van der Waals surface area contributed by atoms with E-state index in [1.54, 1.807) is 18.2 Å². The van der Waals surface area contributed by atoms with Gasteiger partial charge in [0.15, 0.2) is 0 Å². The first-order valence-corrected chi connectivity index (χ1v) is 10.8. The van der Waals surface area contributed by atoms with E-state index in [-0.39, 0.29) is 11.8 Å². The van der Waals surface area contributed by atoms with Gasteiger partial charge in [0.2, 0.25) is 0 Å². The Labute approximate surface area is 180 Å². The molecular formula is C22H24ClN3O2S. The van der Waals surface area contributed by atoms with Crippen LogP contribution in [0.5, 0.6) is 0 Å². The van der Waals surface area contributed by atoms with Crippen molar-refractivity contribution in [2.45, 2.75) is 18.7 Å². The number of halogens is 1. The third-order valence-electron chi connectivity index (χ3n) is 4.69. The molecule has 2 amide bonds. The van der Waals surface area contributed by atoms with Crippen molar-refractivity contribution in [3.63, 3.8) is 0 Å². The van der Waals surface area contributed by atoms with E-state index in [1.165, 1.54) is 11.8 Å². The number of rotatable bonds is 7. The van der Waals surface area contributed by atoms with E-state index < -0.39 is 0 Å². The van der Waals surface area contributed by atoms with Crippen LogP contribution >= 0.6 is 23.4 Å². The molecule has 0 aliphatic carbocycles. The molecule has 3 rings (SSSR count). The number of hydrogen-bond donors (Lipinski definition) is 2. The molecule has 2 aromatic carbocycles. The number of anilines is 1. The van der Waals surface area contributed by atoms with Gasteiger partial charge in [0.25, 0.3) is 11.8 Å². The van der Waals surface area contributed by atoms with Gasteiger partial charge in [-0.2, -0.15) is 0 Å². The van der Waals surface area contributed by atoms with E-state index in [0.717, 1.165) is 30.1 Å². The number of amides is 2. The van der Waals surface area contributed by atoms with Gasteiger partial charge in [-0.3, -0.25) is 9.59 Å².